The molecule has 5 aliphatic rings. The fourth-order valence-electron chi connectivity index (χ4n) is 9.15. The van der Waals surface area contributed by atoms with E-state index < -0.39 is 21.3 Å². The van der Waals surface area contributed by atoms with Crippen LogP contribution in [0.15, 0.2) is 56.9 Å². The average molecular weight is 677 g/mol. The van der Waals surface area contributed by atoms with Crippen molar-refractivity contribution in [2.45, 2.75) is 109 Å². The molecule has 0 bridgehead atoms. The van der Waals surface area contributed by atoms with Crippen molar-refractivity contribution in [2.75, 3.05) is 0 Å². The zero-order chi connectivity index (χ0) is 28.3. The van der Waals surface area contributed by atoms with E-state index in [2.05, 4.69) is 105 Å². The first-order valence-electron chi connectivity index (χ1n) is 15.8. The summed E-state index contributed by atoms with van der Waals surface area (Å²) in [6.45, 7) is 21.7. The second-order valence-electron chi connectivity index (χ2n) is 14.8. The zero-order valence-corrected chi connectivity index (χ0v) is 31.0. The summed E-state index contributed by atoms with van der Waals surface area (Å²) in [5.74, 6) is 0.598. The molecule has 3 heteroatoms. The normalized spacial score (nSPS) is 22.6. The van der Waals surface area contributed by atoms with Crippen molar-refractivity contribution in [3.63, 3.8) is 0 Å². The topological polar surface area (TPSA) is 0 Å². The van der Waals surface area contributed by atoms with Gasteiger partial charge in [-0.1, -0.05) is 0 Å². The van der Waals surface area contributed by atoms with Crippen LogP contribution in [0.25, 0.3) is 22.3 Å². The Balaban J connectivity index is 0.00000176. The van der Waals surface area contributed by atoms with Crippen LogP contribution in [-0.2, 0) is 32.1 Å². The smallest absolute Gasteiger partial charge is 1.00 e. The van der Waals surface area contributed by atoms with E-state index in [1.54, 1.807) is 44.5 Å². The second kappa shape index (κ2) is 11.0. The van der Waals surface area contributed by atoms with Gasteiger partial charge in [0.25, 0.3) is 0 Å². The zero-order valence-electron chi connectivity index (χ0n) is 27.0. The minimum absolute atomic E-state index is 0. The molecule has 0 radical (unpaired) electrons. The number of fused-ring (bicyclic) bond motifs is 5. The standard InChI is InChI=1S/C25H25.C8H11.C6H10.2ClH.Zr/c1-14-12-24(3,4)22-8-16-7-17-9-23-19(15(2)13-25(23,5)6)11-21(17)20(16)10-18(14)22;1-6-4-7(2)8(3)5-6;1-2-4-6-5-3-1;;;/h7-13H,1-6H3;4,6H,1-3H3;1-5H2;2*1H;/q;;;;;+2/p-2. The van der Waals surface area contributed by atoms with Crippen molar-refractivity contribution in [1.29, 1.82) is 0 Å². The largest absolute Gasteiger partial charge is 1.00 e. The van der Waals surface area contributed by atoms with Gasteiger partial charge >= 0.3 is 252 Å². The van der Waals surface area contributed by atoms with E-state index in [0.717, 1.165) is 0 Å². The third kappa shape index (κ3) is 4.66. The molecule has 1 fully saturated rings. The van der Waals surface area contributed by atoms with Crippen LogP contribution in [0, 0.1) is 5.92 Å². The van der Waals surface area contributed by atoms with Crippen molar-refractivity contribution in [3.8, 4) is 11.1 Å². The Labute approximate surface area is 274 Å². The Morgan fingerprint density at radius 1 is 0.643 bits per heavy atom. The molecule has 0 spiro atoms. The minimum Gasteiger partial charge on any atom is -1.00 e. The van der Waals surface area contributed by atoms with Crippen LogP contribution < -0.4 is 24.8 Å². The number of allylic oxidation sites excluding steroid dienone is 8. The SMILES string of the molecule is CC1=CC(C)[C]([Zr+2](=[C]2CCCCC2)[CH]2c3cc4c(cc3-c3cc5c(cc32)C(C)(C)C=C5C)C(C)=CC4(C)C)=C1C.[Cl-].[Cl-]. The third-order valence-corrected chi connectivity index (χ3v) is 20.6. The number of rotatable bonds is 2. The molecule has 0 saturated heterocycles. The van der Waals surface area contributed by atoms with E-state index in [1.165, 1.54) is 54.4 Å². The van der Waals surface area contributed by atoms with Crippen LogP contribution in [0.1, 0.15) is 131 Å². The summed E-state index contributed by atoms with van der Waals surface area (Å²) < 4.78 is 4.52. The molecule has 2 aromatic carbocycles. The quantitative estimate of drug-likeness (QED) is 0.430. The Hall–Kier alpha value is -1.27. The van der Waals surface area contributed by atoms with Crippen molar-refractivity contribution in [1.82, 2.24) is 0 Å². The summed E-state index contributed by atoms with van der Waals surface area (Å²) in [5.41, 5.74) is 18.8. The van der Waals surface area contributed by atoms with E-state index >= 15 is 0 Å². The van der Waals surface area contributed by atoms with Crippen LogP contribution >= 0.6 is 0 Å². The Bertz CT molecular complexity index is 1580. The predicted octanol–water partition coefficient (Wildman–Crippen LogP) is 4.78. The molecule has 0 aliphatic heterocycles. The van der Waals surface area contributed by atoms with E-state index in [4.69, 9.17) is 0 Å². The molecular weight excluding hydrogens is 631 g/mol. The summed E-state index contributed by atoms with van der Waals surface area (Å²) in [5, 5.41) is 0. The Morgan fingerprint density at radius 2 is 1.12 bits per heavy atom. The predicted molar refractivity (Wildman–Crippen MR) is 171 cm³/mol. The van der Waals surface area contributed by atoms with Gasteiger partial charge in [0.05, 0.1) is 0 Å². The van der Waals surface area contributed by atoms with Gasteiger partial charge in [0, 0.05) is 0 Å². The maximum atomic E-state index is 2.71. The summed E-state index contributed by atoms with van der Waals surface area (Å²) in [4.78, 5) is 0. The van der Waals surface area contributed by atoms with Crippen LogP contribution in [-0.4, -0.2) is 3.21 Å². The molecule has 0 N–H and O–H groups in total. The molecule has 1 atom stereocenters. The summed E-state index contributed by atoms with van der Waals surface area (Å²) >= 11 is -2.34. The van der Waals surface area contributed by atoms with Crippen LogP contribution in [0.3, 0.4) is 0 Å². The van der Waals surface area contributed by atoms with Crippen LogP contribution in [0.4, 0.5) is 0 Å². The van der Waals surface area contributed by atoms with Gasteiger partial charge in [-0.25, -0.2) is 0 Å². The van der Waals surface area contributed by atoms with Crippen molar-refractivity contribution >= 4 is 14.4 Å². The summed E-state index contributed by atoms with van der Waals surface area (Å²) in [6.07, 6.45) is 14.6. The van der Waals surface area contributed by atoms with Gasteiger partial charge in [-0.2, -0.15) is 0 Å². The molecule has 220 valence electrons. The number of halogens is 2. The Kier molecular flexibility index (Phi) is 8.39. The number of hydrogen-bond acceptors (Lipinski definition) is 0. The molecule has 1 saturated carbocycles. The molecule has 1 unspecified atom stereocenters. The van der Waals surface area contributed by atoms with E-state index in [9.17, 15) is 0 Å². The number of hydrogen-bond donors (Lipinski definition) is 0. The van der Waals surface area contributed by atoms with E-state index in [-0.39, 0.29) is 35.6 Å². The fraction of sp³-hybridized carbons (Fsp3) is 0.462. The van der Waals surface area contributed by atoms with E-state index in [1.807, 2.05) is 6.49 Å². The second-order valence-corrected chi connectivity index (χ2v) is 21.3. The molecule has 2 aromatic rings. The van der Waals surface area contributed by atoms with Gasteiger partial charge in [0.1, 0.15) is 0 Å². The van der Waals surface area contributed by atoms with E-state index in [0.29, 0.717) is 9.54 Å². The fourth-order valence-corrected chi connectivity index (χ4v) is 19.6. The van der Waals surface area contributed by atoms with Gasteiger partial charge in [0.15, 0.2) is 0 Å². The Morgan fingerprint density at radius 3 is 1.55 bits per heavy atom. The number of benzene rings is 2. The minimum atomic E-state index is -2.34. The molecule has 0 amide bonds. The monoisotopic (exact) mass is 674 g/mol. The maximum absolute atomic E-state index is 2.71. The third-order valence-electron chi connectivity index (χ3n) is 11.1. The molecular formula is C39H46Cl2Zr. The maximum Gasteiger partial charge on any atom is -1.00 e. The summed E-state index contributed by atoms with van der Waals surface area (Å²) in [7, 11) is 0. The molecule has 42 heavy (non-hydrogen) atoms. The van der Waals surface area contributed by atoms with Crippen LogP contribution in [0.5, 0.6) is 0 Å². The van der Waals surface area contributed by atoms with Gasteiger partial charge < -0.3 is 24.8 Å². The molecule has 7 rings (SSSR count). The molecule has 5 aliphatic carbocycles. The summed E-state index contributed by atoms with van der Waals surface area (Å²) in [6, 6.07) is 10.7. The van der Waals surface area contributed by atoms with Gasteiger partial charge in [-0.3, -0.25) is 0 Å². The van der Waals surface area contributed by atoms with Gasteiger partial charge in [-0.05, 0) is 0 Å². The molecule has 0 aromatic heterocycles. The molecule has 0 heterocycles. The van der Waals surface area contributed by atoms with Crippen molar-refractivity contribution < 1.29 is 46.1 Å². The average Bonchev–Trinajstić information content (AvgIpc) is 3.51. The van der Waals surface area contributed by atoms with Crippen molar-refractivity contribution in [2.24, 2.45) is 5.92 Å². The van der Waals surface area contributed by atoms with Crippen LogP contribution in [0.2, 0.25) is 0 Å². The van der Waals surface area contributed by atoms with Crippen molar-refractivity contribution in [3.05, 3.63) is 90.3 Å². The first kappa shape index (κ1) is 32.1. The molecule has 0 nitrogen and oxygen atoms in total. The van der Waals surface area contributed by atoms with Gasteiger partial charge in [-0.15, -0.1) is 0 Å². The first-order chi connectivity index (χ1) is 18.9. The first-order valence-corrected chi connectivity index (χ1v) is 19.7. The van der Waals surface area contributed by atoms with Gasteiger partial charge in [0.2, 0.25) is 0 Å².